The van der Waals surface area contributed by atoms with Gasteiger partial charge in [-0.05, 0) is 32.4 Å². The molecule has 0 saturated carbocycles. The molecule has 0 aliphatic carbocycles. The summed E-state index contributed by atoms with van der Waals surface area (Å²) in [5.74, 6) is 1.27. The molecule has 0 amide bonds. The second kappa shape index (κ2) is 6.43. The van der Waals surface area contributed by atoms with Gasteiger partial charge < -0.3 is 15.0 Å². The molecule has 1 aromatic heterocycles. The van der Waals surface area contributed by atoms with Crippen LogP contribution in [0.4, 0.5) is 11.9 Å². The predicted octanol–water partition coefficient (Wildman–Crippen LogP) is 0.986. The van der Waals surface area contributed by atoms with Crippen molar-refractivity contribution in [2.45, 2.75) is 31.7 Å². The fraction of sp³-hybridized carbons (Fsp3) is 0.786. The Labute approximate surface area is 125 Å². The Kier molecular flexibility index (Phi) is 4.38. The van der Waals surface area contributed by atoms with E-state index in [1.807, 2.05) is 0 Å². The summed E-state index contributed by atoms with van der Waals surface area (Å²) >= 11 is 0. The molecule has 7 heteroatoms. The van der Waals surface area contributed by atoms with Crippen LogP contribution in [0, 0.1) is 0 Å². The summed E-state index contributed by atoms with van der Waals surface area (Å²) in [6.07, 6.45) is 5.23. The molecule has 3 rings (SSSR count). The monoisotopic (exact) mass is 292 g/mol. The quantitative estimate of drug-likeness (QED) is 0.887. The minimum atomic E-state index is 0.366. The van der Waals surface area contributed by atoms with E-state index >= 15 is 0 Å². The van der Waals surface area contributed by atoms with E-state index in [9.17, 15) is 0 Å². The predicted molar refractivity (Wildman–Crippen MR) is 82.0 cm³/mol. The van der Waals surface area contributed by atoms with Crippen LogP contribution in [0.15, 0.2) is 0 Å². The van der Waals surface area contributed by atoms with Crippen LogP contribution >= 0.6 is 0 Å². The topological polar surface area (TPSA) is 66.4 Å². The van der Waals surface area contributed by atoms with Crippen molar-refractivity contribution in [3.05, 3.63) is 0 Å². The third-order valence-electron chi connectivity index (χ3n) is 4.36. The molecule has 2 aliphatic heterocycles. The molecule has 7 nitrogen and oxygen atoms in total. The van der Waals surface area contributed by atoms with Crippen LogP contribution in [-0.2, 0) is 0 Å². The van der Waals surface area contributed by atoms with Gasteiger partial charge in [-0.15, -0.1) is 0 Å². The summed E-state index contributed by atoms with van der Waals surface area (Å²) in [5, 5.41) is 2.96. The second-order valence-corrected chi connectivity index (χ2v) is 5.68. The molecule has 2 saturated heterocycles. The lowest BCUT2D eigenvalue weighted by Gasteiger charge is -2.32. The molecule has 3 heterocycles. The van der Waals surface area contributed by atoms with E-state index in [-0.39, 0.29) is 0 Å². The summed E-state index contributed by atoms with van der Waals surface area (Å²) in [6.45, 7) is 4.47. The number of nitrogens with zero attached hydrogens (tertiary/aromatic N) is 5. The molecule has 0 radical (unpaired) electrons. The smallest absolute Gasteiger partial charge is 0.322 e. The van der Waals surface area contributed by atoms with E-state index in [0.717, 1.165) is 13.1 Å². The van der Waals surface area contributed by atoms with Crippen LogP contribution < -0.4 is 15.0 Å². The summed E-state index contributed by atoms with van der Waals surface area (Å²) in [6, 6.07) is 0.997. The minimum Gasteiger partial charge on any atom is -0.467 e. The van der Waals surface area contributed by atoms with Crippen LogP contribution in [0.25, 0.3) is 0 Å². The van der Waals surface area contributed by atoms with Crippen molar-refractivity contribution in [3.8, 4) is 6.01 Å². The molecule has 1 atom stereocenters. The zero-order valence-electron chi connectivity index (χ0n) is 12.9. The van der Waals surface area contributed by atoms with Crippen molar-refractivity contribution >= 4 is 11.9 Å². The maximum atomic E-state index is 5.16. The van der Waals surface area contributed by atoms with Gasteiger partial charge in [-0.2, -0.15) is 15.0 Å². The van der Waals surface area contributed by atoms with Crippen molar-refractivity contribution in [2.24, 2.45) is 0 Å². The van der Waals surface area contributed by atoms with Crippen LogP contribution in [-0.4, -0.2) is 66.2 Å². The summed E-state index contributed by atoms with van der Waals surface area (Å²) in [5.41, 5.74) is 0. The van der Waals surface area contributed by atoms with Gasteiger partial charge in [-0.3, -0.25) is 4.90 Å². The third kappa shape index (κ3) is 3.18. The third-order valence-corrected chi connectivity index (χ3v) is 4.36. The number of nitrogens with one attached hydrogen (secondary N) is 1. The van der Waals surface area contributed by atoms with E-state index < -0.39 is 0 Å². The number of piperidine rings is 1. The van der Waals surface area contributed by atoms with Gasteiger partial charge in [0, 0.05) is 26.2 Å². The van der Waals surface area contributed by atoms with E-state index in [4.69, 9.17) is 4.74 Å². The standard InChI is InChI=1S/C14H24N6O/c1-15-12-16-13(18-14(17-12)21-2)20-9-6-11(10-20)19-7-4-3-5-8-19/h11H,3-10H2,1-2H3,(H,15,16,17,18). The van der Waals surface area contributed by atoms with Gasteiger partial charge in [0.2, 0.25) is 11.9 Å². The zero-order chi connectivity index (χ0) is 14.7. The van der Waals surface area contributed by atoms with E-state index in [2.05, 4.69) is 30.1 Å². The summed E-state index contributed by atoms with van der Waals surface area (Å²) in [7, 11) is 3.39. The molecule has 1 aromatic rings. The SMILES string of the molecule is CNc1nc(OC)nc(N2CCC(N3CCCCC3)C2)n1. The number of rotatable bonds is 4. The van der Waals surface area contributed by atoms with Crippen LogP contribution in [0.3, 0.4) is 0 Å². The van der Waals surface area contributed by atoms with E-state index in [1.165, 1.54) is 38.8 Å². The molecule has 0 bridgehead atoms. The first-order valence-electron chi connectivity index (χ1n) is 7.77. The lowest BCUT2D eigenvalue weighted by atomic mass is 10.1. The van der Waals surface area contributed by atoms with Gasteiger partial charge in [-0.1, -0.05) is 6.42 Å². The largest absolute Gasteiger partial charge is 0.467 e. The number of hydrogen-bond donors (Lipinski definition) is 1. The van der Waals surface area contributed by atoms with Crippen LogP contribution in [0.1, 0.15) is 25.7 Å². The highest BCUT2D eigenvalue weighted by Gasteiger charge is 2.30. The number of anilines is 2. The highest BCUT2D eigenvalue weighted by atomic mass is 16.5. The van der Waals surface area contributed by atoms with Gasteiger partial charge >= 0.3 is 6.01 Å². The van der Waals surface area contributed by atoms with Crippen LogP contribution in [0.2, 0.25) is 0 Å². The number of ether oxygens (including phenoxy) is 1. The van der Waals surface area contributed by atoms with E-state index in [0.29, 0.717) is 23.9 Å². The lowest BCUT2D eigenvalue weighted by Crippen LogP contribution is -2.41. The zero-order valence-corrected chi connectivity index (χ0v) is 12.9. The molecule has 116 valence electrons. The summed E-state index contributed by atoms with van der Waals surface area (Å²) < 4.78 is 5.16. The van der Waals surface area contributed by atoms with Gasteiger partial charge in [0.15, 0.2) is 0 Å². The molecular formula is C14H24N6O. The molecule has 2 aliphatic rings. The van der Waals surface area contributed by atoms with Gasteiger partial charge in [0.25, 0.3) is 0 Å². The molecule has 0 spiro atoms. The molecule has 21 heavy (non-hydrogen) atoms. The maximum Gasteiger partial charge on any atom is 0.322 e. The van der Waals surface area contributed by atoms with Gasteiger partial charge in [-0.25, -0.2) is 0 Å². The molecular weight excluding hydrogens is 268 g/mol. The second-order valence-electron chi connectivity index (χ2n) is 5.68. The molecule has 1 unspecified atom stereocenters. The Bertz CT molecular complexity index is 454. The number of hydrogen-bond acceptors (Lipinski definition) is 7. The van der Waals surface area contributed by atoms with Gasteiger partial charge in [0.1, 0.15) is 0 Å². The Balaban J connectivity index is 1.70. The first-order chi connectivity index (χ1) is 10.3. The first kappa shape index (κ1) is 14.3. The average molecular weight is 292 g/mol. The highest BCUT2D eigenvalue weighted by molar-refractivity contribution is 5.39. The summed E-state index contributed by atoms with van der Waals surface area (Å²) in [4.78, 5) is 17.9. The average Bonchev–Trinajstić information content (AvgIpc) is 3.05. The Morgan fingerprint density at radius 1 is 1.10 bits per heavy atom. The molecule has 0 aromatic carbocycles. The highest BCUT2D eigenvalue weighted by Crippen LogP contribution is 2.24. The number of aromatic nitrogens is 3. The minimum absolute atomic E-state index is 0.366. The van der Waals surface area contributed by atoms with Crippen molar-refractivity contribution in [3.63, 3.8) is 0 Å². The molecule has 1 N–H and O–H groups in total. The first-order valence-corrected chi connectivity index (χ1v) is 7.77. The van der Waals surface area contributed by atoms with Crippen LogP contribution in [0.5, 0.6) is 6.01 Å². The fourth-order valence-electron chi connectivity index (χ4n) is 3.20. The normalized spacial score (nSPS) is 23.3. The van der Waals surface area contributed by atoms with Crippen molar-refractivity contribution < 1.29 is 4.74 Å². The Morgan fingerprint density at radius 3 is 2.62 bits per heavy atom. The number of methoxy groups -OCH3 is 1. The molecule has 2 fully saturated rings. The lowest BCUT2D eigenvalue weighted by molar-refractivity contribution is 0.174. The fourth-order valence-corrected chi connectivity index (χ4v) is 3.20. The van der Waals surface area contributed by atoms with Crippen molar-refractivity contribution in [1.82, 2.24) is 19.9 Å². The Hall–Kier alpha value is -1.63. The maximum absolute atomic E-state index is 5.16. The Morgan fingerprint density at radius 2 is 1.90 bits per heavy atom. The number of likely N-dealkylation sites (tertiary alicyclic amines) is 1. The van der Waals surface area contributed by atoms with Crippen molar-refractivity contribution in [2.75, 3.05) is 50.6 Å². The van der Waals surface area contributed by atoms with Crippen molar-refractivity contribution in [1.29, 1.82) is 0 Å². The van der Waals surface area contributed by atoms with E-state index in [1.54, 1.807) is 14.2 Å². The van der Waals surface area contributed by atoms with Gasteiger partial charge in [0.05, 0.1) is 7.11 Å².